The zero-order valence-electron chi connectivity index (χ0n) is 11.3. The van der Waals surface area contributed by atoms with Crippen LogP contribution in [-0.4, -0.2) is 36.5 Å². The lowest BCUT2D eigenvalue weighted by Crippen LogP contribution is -2.00. The molecule has 0 spiro atoms. The average molecular weight is 313 g/mol. The summed E-state index contributed by atoms with van der Waals surface area (Å²) < 4.78 is 0. The number of aromatic nitrogens is 5. The van der Waals surface area contributed by atoms with Crippen LogP contribution < -0.4 is 0 Å². The van der Waals surface area contributed by atoms with E-state index in [0.717, 1.165) is 17.2 Å². The molecule has 110 valence electrons. The number of hydrogen-bond donors (Lipinski definition) is 2. The van der Waals surface area contributed by atoms with Crippen molar-refractivity contribution in [3.05, 3.63) is 63.9 Å². The number of rotatable bonds is 5. The number of nitrogens with zero attached hydrogens (tertiary/aromatic N) is 4. The van der Waals surface area contributed by atoms with Crippen LogP contribution in [0.5, 0.6) is 0 Å². The van der Waals surface area contributed by atoms with Gasteiger partial charge in [-0.3, -0.25) is 9.78 Å². The zero-order valence-corrected chi connectivity index (χ0v) is 12.1. The molecule has 2 N–H and O–H groups in total. The molecule has 0 radical (unpaired) electrons. The van der Waals surface area contributed by atoms with E-state index in [-0.39, 0.29) is 11.6 Å². The number of H-pyrrole nitrogens is 1. The van der Waals surface area contributed by atoms with E-state index in [1.165, 1.54) is 11.3 Å². The summed E-state index contributed by atoms with van der Waals surface area (Å²) >= 11 is 1.46. The summed E-state index contributed by atoms with van der Waals surface area (Å²) in [5.41, 5.74) is 2.64. The summed E-state index contributed by atoms with van der Waals surface area (Å²) in [5, 5.41) is 26.6. The molecular weight excluding hydrogens is 302 g/mol. The molecule has 0 aromatic carbocycles. The molecule has 0 aliphatic rings. The highest BCUT2D eigenvalue weighted by molar-refractivity contribution is 7.08. The molecule has 3 aromatic rings. The van der Waals surface area contributed by atoms with Crippen molar-refractivity contribution in [1.29, 1.82) is 0 Å². The van der Waals surface area contributed by atoms with Crippen LogP contribution in [0.15, 0.2) is 41.4 Å². The zero-order chi connectivity index (χ0) is 15.4. The van der Waals surface area contributed by atoms with E-state index in [9.17, 15) is 9.90 Å². The number of carbonyl (C=O) groups excluding carboxylic acids is 1. The minimum atomic E-state index is -0.507. The monoisotopic (exact) mass is 313 g/mol. The van der Waals surface area contributed by atoms with E-state index < -0.39 is 5.78 Å². The van der Waals surface area contributed by atoms with Gasteiger partial charge in [-0.15, -0.1) is 10.2 Å². The van der Waals surface area contributed by atoms with Crippen molar-refractivity contribution in [2.75, 3.05) is 0 Å². The summed E-state index contributed by atoms with van der Waals surface area (Å²) in [7, 11) is 0. The standard InChI is InChI=1S/C14H11N5O2S/c20-12(6-13(21)14-16-18-19-17-14)11-8-22-7-10(11)5-9-1-3-15-4-2-9/h1-4,6-8,20H,5H2,(H,16,17,18,19). The van der Waals surface area contributed by atoms with Crippen molar-refractivity contribution in [1.82, 2.24) is 25.6 Å². The fourth-order valence-electron chi connectivity index (χ4n) is 1.94. The quantitative estimate of drug-likeness (QED) is 0.424. The molecule has 22 heavy (non-hydrogen) atoms. The van der Waals surface area contributed by atoms with Crippen LogP contribution in [-0.2, 0) is 6.42 Å². The van der Waals surface area contributed by atoms with Gasteiger partial charge in [0.25, 0.3) is 0 Å². The lowest BCUT2D eigenvalue weighted by molar-refractivity contribution is 0.103. The fraction of sp³-hybridized carbons (Fsp3) is 0.0714. The molecule has 0 aliphatic carbocycles. The van der Waals surface area contributed by atoms with Crippen LogP contribution in [0, 0.1) is 0 Å². The summed E-state index contributed by atoms with van der Waals surface area (Å²) in [5.74, 6) is -0.704. The van der Waals surface area contributed by atoms with E-state index in [2.05, 4.69) is 25.6 Å². The van der Waals surface area contributed by atoms with Gasteiger partial charge in [0.2, 0.25) is 11.6 Å². The molecule has 3 aromatic heterocycles. The normalized spacial score (nSPS) is 11.5. The first-order chi connectivity index (χ1) is 10.7. The Morgan fingerprint density at radius 1 is 1.32 bits per heavy atom. The molecule has 0 saturated heterocycles. The number of aromatic amines is 1. The third kappa shape index (κ3) is 3.07. The van der Waals surface area contributed by atoms with Gasteiger partial charge < -0.3 is 5.11 Å². The van der Waals surface area contributed by atoms with Gasteiger partial charge in [-0.25, -0.2) is 0 Å². The predicted octanol–water partition coefficient (Wildman–Crippen LogP) is 2.03. The molecule has 3 heterocycles. The minimum absolute atomic E-state index is 0.0857. The maximum atomic E-state index is 11.9. The van der Waals surface area contributed by atoms with Crippen LogP contribution in [0.2, 0.25) is 0 Å². The van der Waals surface area contributed by atoms with Crippen molar-refractivity contribution < 1.29 is 9.90 Å². The Hall–Kier alpha value is -2.87. The SMILES string of the molecule is O=C(C=C(O)c1cscc1Cc1ccncc1)c1nn[nH]n1. The van der Waals surface area contributed by atoms with E-state index in [0.29, 0.717) is 12.0 Å². The molecular formula is C14H11N5O2S. The summed E-state index contributed by atoms with van der Waals surface area (Å²) in [4.78, 5) is 15.8. The molecule has 0 aliphatic heterocycles. The predicted molar refractivity (Wildman–Crippen MR) is 80.5 cm³/mol. The van der Waals surface area contributed by atoms with Crippen LogP contribution in [0.1, 0.15) is 27.3 Å². The highest BCUT2D eigenvalue weighted by Gasteiger charge is 2.13. The van der Waals surface area contributed by atoms with E-state index in [1.807, 2.05) is 17.5 Å². The second-order valence-electron chi connectivity index (χ2n) is 4.47. The Morgan fingerprint density at radius 2 is 2.14 bits per heavy atom. The molecule has 7 nitrogen and oxygen atoms in total. The smallest absolute Gasteiger partial charge is 0.244 e. The second kappa shape index (κ2) is 6.27. The Balaban J connectivity index is 1.83. The topological polar surface area (TPSA) is 105 Å². The maximum absolute atomic E-state index is 11.9. The second-order valence-corrected chi connectivity index (χ2v) is 5.22. The van der Waals surface area contributed by atoms with Gasteiger partial charge in [-0.2, -0.15) is 16.6 Å². The first-order valence-corrected chi connectivity index (χ1v) is 7.31. The summed E-state index contributed by atoms with van der Waals surface area (Å²) in [6.45, 7) is 0. The van der Waals surface area contributed by atoms with Gasteiger partial charge in [0, 0.05) is 29.4 Å². The van der Waals surface area contributed by atoms with Crippen molar-refractivity contribution in [2.45, 2.75) is 6.42 Å². The average Bonchev–Trinajstić information content (AvgIpc) is 3.19. The number of thiophene rings is 1. The van der Waals surface area contributed by atoms with Gasteiger partial charge in [0.1, 0.15) is 5.76 Å². The van der Waals surface area contributed by atoms with Gasteiger partial charge in [-0.1, -0.05) is 0 Å². The molecule has 0 saturated carbocycles. The summed E-state index contributed by atoms with van der Waals surface area (Å²) in [6, 6.07) is 3.82. The number of tetrazole rings is 1. The Kier molecular flexibility index (Phi) is 4.01. The third-order valence-electron chi connectivity index (χ3n) is 3.00. The van der Waals surface area contributed by atoms with Crippen molar-refractivity contribution in [2.24, 2.45) is 0 Å². The van der Waals surface area contributed by atoms with Gasteiger partial charge in [-0.05, 0) is 40.3 Å². The third-order valence-corrected chi connectivity index (χ3v) is 3.79. The minimum Gasteiger partial charge on any atom is -0.507 e. The molecule has 3 rings (SSSR count). The molecule has 0 fully saturated rings. The van der Waals surface area contributed by atoms with E-state index >= 15 is 0 Å². The Morgan fingerprint density at radius 3 is 2.86 bits per heavy atom. The first-order valence-electron chi connectivity index (χ1n) is 6.37. The van der Waals surface area contributed by atoms with E-state index in [4.69, 9.17) is 0 Å². The van der Waals surface area contributed by atoms with Crippen LogP contribution in [0.4, 0.5) is 0 Å². The molecule has 8 heteroatoms. The molecule has 0 bridgehead atoms. The van der Waals surface area contributed by atoms with Crippen molar-refractivity contribution >= 4 is 22.9 Å². The molecule has 0 atom stereocenters. The molecule has 0 unspecified atom stereocenters. The fourth-order valence-corrected chi connectivity index (χ4v) is 2.79. The van der Waals surface area contributed by atoms with Crippen molar-refractivity contribution in [3.63, 3.8) is 0 Å². The number of nitrogens with one attached hydrogen (secondary N) is 1. The number of aliphatic hydroxyl groups is 1. The largest absolute Gasteiger partial charge is 0.507 e. The first kappa shape index (κ1) is 14.1. The maximum Gasteiger partial charge on any atom is 0.244 e. The Bertz CT molecular complexity index is 796. The molecule has 0 amide bonds. The summed E-state index contributed by atoms with van der Waals surface area (Å²) in [6.07, 6.45) is 5.19. The highest BCUT2D eigenvalue weighted by atomic mass is 32.1. The van der Waals surface area contributed by atoms with Crippen LogP contribution >= 0.6 is 11.3 Å². The van der Waals surface area contributed by atoms with Gasteiger partial charge >= 0.3 is 0 Å². The number of allylic oxidation sites excluding steroid dienone is 1. The lowest BCUT2D eigenvalue weighted by atomic mass is 10.0. The number of ketones is 1. The Labute approximate surface area is 129 Å². The number of hydrogen-bond acceptors (Lipinski definition) is 7. The van der Waals surface area contributed by atoms with E-state index in [1.54, 1.807) is 17.8 Å². The van der Waals surface area contributed by atoms with Crippen LogP contribution in [0.25, 0.3) is 5.76 Å². The number of aliphatic hydroxyl groups excluding tert-OH is 1. The lowest BCUT2D eigenvalue weighted by Gasteiger charge is -2.03. The van der Waals surface area contributed by atoms with Gasteiger partial charge in [0.15, 0.2) is 0 Å². The highest BCUT2D eigenvalue weighted by Crippen LogP contribution is 2.24. The van der Waals surface area contributed by atoms with Crippen molar-refractivity contribution in [3.8, 4) is 0 Å². The van der Waals surface area contributed by atoms with Gasteiger partial charge in [0.05, 0.1) is 0 Å². The van der Waals surface area contributed by atoms with Crippen LogP contribution in [0.3, 0.4) is 0 Å². The number of carbonyl (C=O) groups is 1. The number of pyridine rings is 1.